The van der Waals surface area contributed by atoms with Crippen LogP contribution in [-0.4, -0.2) is 60.0 Å². The van der Waals surface area contributed by atoms with E-state index in [2.05, 4.69) is 4.90 Å². The van der Waals surface area contributed by atoms with Crippen LogP contribution in [0.5, 0.6) is 0 Å². The average Bonchev–Trinajstić information content (AvgIpc) is 3.45. The first-order valence-electron chi connectivity index (χ1n) is 11.2. The molecule has 4 atom stereocenters. The summed E-state index contributed by atoms with van der Waals surface area (Å²) in [5.41, 5.74) is 7.75. The lowest BCUT2D eigenvalue weighted by Gasteiger charge is -2.35. The number of imide groups is 1. The predicted octanol–water partition coefficient (Wildman–Crippen LogP) is 2.03. The molecule has 34 heavy (non-hydrogen) atoms. The molecule has 3 saturated heterocycles. The Labute approximate surface area is 196 Å². The van der Waals surface area contributed by atoms with E-state index in [0.717, 1.165) is 5.56 Å². The number of nitrogen functional groups attached to an aromatic ring is 1. The quantitative estimate of drug-likeness (QED) is 0.292. The van der Waals surface area contributed by atoms with Crippen molar-refractivity contribution in [3.63, 3.8) is 0 Å². The van der Waals surface area contributed by atoms with Gasteiger partial charge < -0.3 is 15.2 Å². The van der Waals surface area contributed by atoms with Crippen LogP contribution in [0.4, 0.5) is 4.39 Å². The van der Waals surface area contributed by atoms with E-state index in [1.807, 2.05) is 12.1 Å². The number of hydrogen-bond donors (Lipinski definition) is 2. The lowest BCUT2D eigenvalue weighted by atomic mass is 9.83. The summed E-state index contributed by atoms with van der Waals surface area (Å²) in [5, 5.41) is 7.66. The molecule has 0 unspecified atom stereocenters. The largest absolute Gasteiger partial charge is 0.384 e. The number of fused-ring (bicyclic) bond motifs is 3. The molecule has 8 nitrogen and oxygen atoms in total. The maximum absolute atomic E-state index is 13.7. The van der Waals surface area contributed by atoms with E-state index in [4.69, 9.17) is 20.6 Å². The zero-order chi connectivity index (χ0) is 24.2. The summed E-state index contributed by atoms with van der Waals surface area (Å²) in [7, 11) is 3.13. The van der Waals surface area contributed by atoms with Gasteiger partial charge in [0.25, 0.3) is 0 Å². The van der Waals surface area contributed by atoms with Gasteiger partial charge in [-0.05, 0) is 23.3 Å². The van der Waals surface area contributed by atoms with Crippen LogP contribution in [0.2, 0.25) is 0 Å². The Hall–Kier alpha value is -3.14. The summed E-state index contributed by atoms with van der Waals surface area (Å²) >= 11 is 0. The van der Waals surface area contributed by atoms with Gasteiger partial charge in [0.1, 0.15) is 11.7 Å². The summed E-state index contributed by atoms with van der Waals surface area (Å²) in [6, 6.07) is 12.3. The van der Waals surface area contributed by atoms with E-state index in [1.165, 1.54) is 17.0 Å². The molecule has 0 aromatic heterocycles. The highest BCUT2D eigenvalue weighted by Crippen LogP contribution is 2.56. The second kappa shape index (κ2) is 8.26. The number of nitrogens with one attached hydrogen (secondary N) is 1. The maximum Gasteiger partial charge on any atom is 0.235 e. The lowest BCUT2D eigenvalue weighted by molar-refractivity contribution is -0.223. The number of amides is 2. The molecule has 9 heteroatoms. The molecular formula is C25H27FN4O4. The van der Waals surface area contributed by atoms with Gasteiger partial charge >= 0.3 is 0 Å². The normalized spacial score (nSPS) is 27.8. The zero-order valence-corrected chi connectivity index (χ0v) is 19.0. The van der Waals surface area contributed by atoms with Crippen molar-refractivity contribution in [2.45, 2.75) is 30.8 Å². The maximum atomic E-state index is 13.7. The number of likely N-dealkylation sites (tertiary alicyclic amines) is 1. The first kappa shape index (κ1) is 22.6. The molecule has 178 valence electrons. The smallest absolute Gasteiger partial charge is 0.235 e. The van der Waals surface area contributed by atoms with Gasteiger partial charge in [-0.25, -0.2) is 4.39 Å². The molecule has 3 fully saturated rings. The number of ether oxygens (including phenoxy) is 2. The third kappa shape index (κ3) is 3.26. The third-order valence-electron chi connectivity index (χ3n) is 7.56. The average molecular weight is 467 g/mol. The number of nitrogens with zero attached hydrogens (tertiary/aromatic N) is 2. The molecule has 2 aromatic rings. The number of amidine groups is 1. The summed E-state index contributed by atoms with van der Waals surface area (Å²) in [4.78, 5) is 30.8. The molecule has 5 rings (SSSR count). The number of nitrogens with two attached hydrogens (primary N) is 1. The highest BCUT2D eigenvalue weighted by molar-refractivity contribution is 6.06. The number of hydrogen-bond acceptors (Lipinski definition) is 6. The minimum Gasteiger partial charge on any atom is -0.384 e. The van der Waals surface area contributed by atoms with Crippen LogP contribution < -0.4 is 5.73 Å². The van der Waals surface area contributed by atoms with Crippen molar-refractivity contribution >= 4 is 17.6 Å². The lowest BCUT2D eigenvalue weighted by Crippen LogP contribution is -2.50. The van der Waals surface area contributed by atoms with Crippen molar-refractivity contribution in [3.8, 4) is 0 Å². The Kier molecular flexibility index (Phi) is 5.50. The number of methoxy groups -OCH3 is 2. The summed E-state index contributed by atoms with van der Waals surface area (Å²) in [6.07, 6.45) is 0.565. The van der Waals surface area contributed by atoms with E-state index < -0.39 is 23.7 Å². The zero-order valence-electron chi connectivity index (χ0n) is 19.0. The van der Waals surface area contributed by atoms with Gasteiger partial charge in [-0.1, -0.05) is 36.4 Å². The fraction of sp³-hybridized carbons (Fsp3) is 0.400. The van der Waals surface area contributed by atoms with E-state index in [1.54, 1.807) is 38.5 Å². The molecule has 0 radical (unpaired) electrons. The van der Waals surface area contributed by atoms with Crippen molar-refractivity contribution in [3.05, 3.63) is 71.0 Å². The summed E-state index contributed by atoms with van der Waals surface area (Å²) in [6.45, 7) is 0.692. The Morgan fingerprint density at radius 3 is 2.26 bits per heavy atom. The van der Waals surface area contributed by atoms with Crippen LogP contribution in [0.3, 0.4) is 0 Å². The molecule has 3 heterocycles. The van der Waals surface area contributed by atoms with Crippen LogP contribution in [0.15, 0.2) is 48.5 Å². The van der Waals surface area contributed by atoms with Crippen LogP contribution in [0, 0.1) is 23.1 Å². The number of benzene rings is 2. The molecule has 3 N–H and O–H groups in total. The van der Waals surface area contributed by atoms with Crippen LogP contribution in [0.1, 0.15) is 29.2 Å². The molecule has 0 spiro atoms. The molecule has 0 bridgehead atoms. The molecule has 3 aliphatic rings. The van der Waals surface area contributed by atoms with E-state index in [-0.39, 0.29) is 36.1 Å². The van der Waals surface area contributed by atoms with Crippen molar-refractivity contribution in [2.24, 2.45) is 17.6 Å². The van der Waals surface area contributed by atoms with Gasteiger partial charge in [0.15, 0.2) is 5.79 Å². The second-order valence-corrected chi connectivity index (χ2v) is 9.07. The minimum atomic E-state index is -1.00. The van der Waals surface area contributed by atoms with Gasteiger partial charge in [-0.15, -0.1) is 0 Å². The molecule has 0 saturated carbocycles. The van der Waals surface area contributed by atoms with Crippen LogP contribution in [-0.2, 0) is 25.6 Å². The topological polar surface area (TPSA) is 109 Å². The van der Waals surface area contributed by atoms with Crippen molar-refractivity contribution in [2.75, 3.05) is 20.8 Å². The Morgan fingerprint density at radius 2 is 1.68 bits per heavy atom. The monoisotopic (exact) mass is 466 g/mol. The van der Waals surface area contributed by atoms with Gasteiger partial charge in [-0.3, -0.25) is 24.8 Å². The Bertz CT molecular complexity index is 1130. The van der Waals surface area contributed by atoms with Crippen LogP contribution >= 0.6 is 0 Å². The van der Waals surface area contributed by atoms with E-state index >= 15 is 0 Å². The van der Waals surface area contributed by atoms with Crippen molar-refractivity contribution in [1.82, 2.24) is 9.80 Å². The second-order valence-electron chi connectivity index (χ2n) is 9.07. The SMILES string of the molecule is COC1(OC)CCN2[C@H]1[C@@H]1C(=O)N(Cc3ccc(F)cc3)C(=O)[C@@H]1[C@@H]2c1ccc(C(=N)N)cc1. The highest BCUT2D eigenvalue weighted by atomic mass is 19.1. The minimum absolute atomic E-state index is 0.0368. The first-order chi connectivity index (χ1) is 16.3. The van der Waals surface area contributed by atoms with Crippen molar-refractivity contribution in [1.29, 1.82) is 5.41 Å². The van der Waals surface area contributed by atoms with Crippen LogP contribution in [0.25, 0.3) is 0 Å². The summed E-state index contributed by atoms with van der Waals surface area (Å²) < 4.78 is 25.0. The standard InChI is InChI=1S/C25H27FN4O4/c1-33-25(34-2)11-12-29-20(15-5-7-16(8-6-15)22(27)28)18-19(21(25)29)24(32)30(23(18)31)13-14-3-9-17(26)10-4-14/h3-10,18-21H,11-13H2,1-2H3,(H3,27,28)/t18-,19+,20-,21-/m0/s1. The Balaban J connectivity index is 1.55. The van der Waals surface area contributed by atoms with E-state index in [9.17, 15) is 14.0 Å². The fourth-order valence-corrected chi connectivity index (χ4v) is 5.98. The van der Waals surface area contributed by atoms with Gasteiger partial charge in [0, 0.05) is 38.8 Å². The fourth-order valence-electron chi connectivity index (χ4n) is 5.98. The molecule has 0 aliphatic carbocycles. The van der Waals surface area contributed by atoms with Gasteiger partial charge in [0.2, 0.25) is 11.8 Å². The van der Waals surface area contributed by atoms with Gasteiger partial charge in [0.05, 0.1) is 24.4 Å². The van der Waals surface area contributed by atoms with Crippen molar-refractivity contribution < 1.29 is 23.5 Å². The number of carbonyl (C=O) groups is 2. The number of carbonyl (C=O) groups excluding carboxylic acids is 2. The Morgan fingerprint density at radius 1 is 1.06 bits per heavy atom. The summed E-state index contributed by atoms with van der Waals surface area (Å²) in [5.74, 6) is -3.17. The van der Waals surface area contributed by atoms with Gasteiger partial charge in [-0.2, -0.15) is 0 Å². The van der Waals surface area contributed by atoms with E-state index in [0.29, 0.717) is 24.1 Å². The molecule has 2 aromatic carbocycles. The highest BCUT2D eigenvalue weighted by Gasteiger charge is 2.69. The first-order valence-corrected chi connectivity index (χ1v) is 11.2. The molecule has 3 aliphatic heterocycles. The third-order valence-corrected chi connectivity index (χ3v) is 7.56. The molecule has 2 amide bonds. The number of halogens is 1. The molecular weight excluding hydrogens is 439 g/mol. The number of rotatable bonds is 6. The predicted molar refractivity (Wildman–Crippen MR) is 121 cm³/mol.